The zero-order valence-electron chi connectivity index (χ0n) is 6.96. The Kier molecular flexibility index (Phi) is 3.10. The first-order chi connectivity index (χ1) is 5.70. The van der Waals surface area contributed by atoms with E-state index in [0.717, 1.165) is 6.42 Å². The Morgan fingerprint density at radius 3 is 3.00 bits per heavy atom. The molecule has 1 rings (SSSR count). The van der Waals surface area contributed by atoms with Crippen LogP contribution in [0.25, 0.3) is 0 Å². The predicted octanol–water partition coefficient (Wildman–Crippen LogP) is 1.27. The Morgan fingerprint density at radius 1 is 1.75 bits per heavy atom. The molecule has 1 aromatic rings. The number of primary amides is 1. The average molecular weight is 184 g/mol. The molecule has 0 bridgehead atoms. The van der Waals surface area contributed by atoms with Crippen molar-refractivity contribution in [3.05, 3.63) is 21.9 Å². The number of hydrogen-bond acceptors (Lipinski definition) is 2. The highest BCUT2D eigenvalue weighted by Crippen LogP contribution is 2.15. The highest BCUT2D eigenvalue weighted by atomic mass is 32.1. The van der Waals surface area contributed by atoms with Crippen molar-refractivity contribution in [2.75, 3.05) is 6.54 Å². The van der Waals surface area contributed by atoms with Crippen LogP contribution in [0, 0.1) is 6.92 Å². The highest BCUT2D eigenvalue weighted by Gasteiger charge is 1.99. The van der Waals surface area contributed by atoms with E-state index >= 15 is 0 Å². The Labute approximate surface area is 75.6 Å². The first kappa shape index (κ1) is 9.06. The van der Waals surface area contributed by atoms with E-state index in [9.17, 15) is 4.79 Å². The van der Waals surface area contributed by atoms with Crippen molar-refractivity contribution in [1.29, 1.82) is 0 Å². The van der Waals surface area contributed by atoms with Crippen molar-refractivity contribution < 1.29 is 4.79 Å². The molecule has 1 heterocycles. The van der Waals surface area contributed by atoms with Gasteiger partial charge in [0.05, 0.1) is 0 Å². The molecule has 0 saturated carbocycles. The van der Waals surface area contributed by atoms with Gasteiger partial charge in [-0.15, -0.1) is 11.3 Å². The van der Waals surface area contributed by atoms with E-state index < -0.39 is 6.03 Å². The van der Waals surface area contributed by atoms with E-state index in [1.807, 2.05) is 0 Å². The molecule has 0 aliphatic heterocycles. The molecule has 0 aromatic carbocycles. The van der Waals surface area contributed by atoms with Crippen LogP contribution in [0.4, 0.5) is 4.79 Å². The van der Waals surface area contributed by atoms with Gasteiger partial charge in [-0.1, -0.05) is 0 Å². The number of urea groups is 1. The van der Waals surface area contributed by atoms with Gasteiger partial charge < -0.3 is 11.1 Å². The van der Waals surface area contributed by atoms with E-state index in [4.69, 9.17) is 5.73 Å². The minimum absolute atomic E-state index is 0.454. The maximum Gasteiger partial charge on any atom is 0.312 e. The first-order valence-corrected chi connectivity index (χ1v) is 4.64. The number of rotatable bonds is 3. The third-order valence-corrected chi connectivity index (χ3v) is 2.70. The zero-order chi connectivity index (χ0) is 8.97. The molecular formula is C8H12N2OS. The summed E-state index contributed by atoms with van der Waals surface area (Å²) < 4.78 is 0. The van der Waals surface area contributed by atoms with E-state index in [-0.39, 0.29) is 0 Å². The van der Waals surface area contributed by atoms with Gasteiger partial charge in [0.25, 0.3) is 0 Å². The summed E-state index contributed by atoms with van der Waals surface area (Å²) >= 11 is 1.71. The smallest absolute Gasteiger partial charge is 0.312 e. The molecule has 0 saturated heterocycles. The van der Waals surface area contributed by atoms with Crippen molar-refractivity contribution in [3.63, 3.8) is 0 Å². The van der Waals surface area contributed by atoms with Crippen molar-refractivity contribution >= 4 is 17.4 Å². The summed E-state index contributed by atoms with van der Waals surface area (Å²) in [5, 5.41) is 4.61. The Balaban J connectivity index is 2.33. The predicted molar refractivity (Wildman–Crippen MR) is 50.3 cm³/mol. The molecule has 4 heteroatoms. The second-order valence-corrected chi connectivity index (χ2v) is 3.57. The van der Waals surface area contributed by atoms with Gasteiger partial charge >= 0.3 is 6.03 Å². The molecule has 0 fully saturated rings. The van der Waals surface area contributed by atoms with Crippen LogP contribution < -0.4 is 11.1 Å². The summed E-state index contributed by atoms with van der Waals surface area (Å²) in [6.45, 7) is 2.69. The van der Waals surface area contributed by atoms with Gasteiger partial charge in [-0.2, -0.15) is 0 Å². The SMILES string of the molecule is Cc1ccsc1CCNC(N)=O. The maximum atomic E-state index is 10.3. The van der Waals surface area contributed by atoms with Crippen LogP contribution >= 0.6 is 11.3 Å². The fraction of sp³-hybridized carbons (Fsp3) is 0.375. The Bertz CT molecular complexity index is 270. The summed E-state index contributed by atoms with van der Waals surface area (Å²) in [4.78, 5) is 11.6. The van der Waals surface area contributed by atoms with Gasteiger partial charge in [-0.3, -0.25) is 0 Å². The average Bonchev–Trinajstić information content (AvgIpc) is 2.36. The van der Waals surface area contributed by atoms with Crippen LogP contribution in [0.15, 0.2) is 11.4 Å². The quantitative estimate of drug-likeness (QED) is 0.730. The standard InChI is InChI=1S/C8H12N2OS/c1-6-3-5-12-7(6)2-4-10-8(9)11/h3,5H,2,4H2,1H3,(H3,9,10,11). The molecule has 0 radical (unpaired) electrons. The number of carbonyl (C=O) groups is 1. The normalized spacial score (nSPS) is 9.75. The lowest BCUT2D eigenvalue weighted by Gasteiger charge is -2.00. The van der Waals surface area contributed by atoms with Gasteiger partial charge in [0.15, 0.2) is 0 Å². The minimum Gasteiger partial charge on any atom is -0.352 e. The van der Waals surface area contributed by atoms with Gasteiger partial charge in [-0.25, -0.2) is 4.79 Å². The lowest BCUT2D eigenvalue weighted by Crippen LogP contribution is -2.30. The van der Waals surface area contributed by atoms with Crippen LogP contribution in [0.1, 0.15) is 10.4 Å². The third kappa shape index (κ3) is 2.54. The maximum absolute atomic E-state index is 10.3. The van der Waals surface area contributed by atoms with Crippen molar-refractivity contribution in [1.82, 2.24) is 5.32 Å². The lowest BCUT2D eigenvalue weighted by atomic mass is 10.2. The molecule has 0 aliphatic carbocycles. The Morgan fingerprint density at radius 2 is 2.50 bits per heavy atom. The van der Waals surface area contributed by atoms with Crippen LogP contribution in [0.5, 0.6) is 0 Å². The van der Waals surface area contributed by atoms with Gasteiger partial charge in [0.1, 0.15) is 0 Å². The van der Waals surface area contributed by atoms with Gasteiger partial charge in [-0.05, 0) is 30.4 Å². The molecule has 0 unspecified atom stereocenters. The number of aryl methyl sites for hydroxylation is 1. The molecule has 66 valence electrons. The number of thiophene rings is 1. The van der Waals surface area contributed by atoms with Crippen LogP contribution in [-0.2, 0) is 6.42 Å². The fourth-order valence-electron chi connectivity index (χ4n) is 0.959. The highest BCUT2D eigenvalue weighted by molar-refractivity contribution is 7.10. The molecule has 12 heavy (non-hydrogen) atoms. The Hall–Kier alpha value is -1.03. The first-order valence-electron chi connectivity index (χ1n) is 3.76. The second kappa shape index (κ2) is 4.11. The number of nitrogens with one attached hydrogen (secondary N) is 1. The number of nitrogens with two attached hydrogens (primary N) is 1. The van der Waals surface area contributed by atoms with Crippen LogP contribution in [0.2, 0.25) is 0 Å². The summed E-state index contributed by atoms with van der Waals surface area (Å²) in [5.41, 5.74) is 6.21. The van der Waals surface area contributed by atoms with E-state index in [1.165, 1.54) is 10.4 Å². The molecule has 0 atom stereocenters. The lowest BCUT2D eigenvalue weighted by molar-refractivity contribution is 0.249. The van der Waals surface area contributed by atoms with Crippen molar-refractivity contribution in [3.8, 4) is 0 Å². The van der Waals surface area contributed by atoms with Crippen molar-refractivity contribution in [2.45, 2.75) is 13.3 Å². The zero-order valence-corrected chi connectivity index (χ0v) is 7.78. The monoisotopic (exact) mass is 184 g/mol. The summed E-state index contributed by atoms with van der Waals surface area (Å²) in [5.74, 6) is 0. The number of amides is 2. The van der Waals surface area contributed by atoms with E-state index in [1.54, 1.807) is 11.3 Å². The number of carbonyl (C=O) groups excluding carboxylic acids is 1. The second-order valence-electron chi connectivity index (χ2n) is 2.57. The molecule has 0 aliphatic rings. The summed E-state index contributed by atoms with van der Waals surface area (Å²) in [6.07, 6.45) is 0.867. The van der Waals surface area contributed by atoms with Crippen LogP contribution in [-0.4, -0.2) is 12.6 Å². The molecular weight excluding hydrogens is 172 g/mol. The van der Waals surface area contributed by atoms with Crippen molar-refractivity contribution in [2.24, 2.45) is 5.73 Å². The fourth-order valence-corrected chi connectivity index (χ4v) is 1.87. The largest absolute Gasteiger partial charge is 0.352 e. The molecule has 0 spiro atoms. The van der Waals surface area contributed by atoms with Crippen LogP contribution in [0.3, 0.4) is 0 Å². The topological polar surface area (TPSA) is 55.1 Å². The number of hydrogen-bond donors (Lipinski definition) is 2. The van der Waals surface area contributed by atoms with Gasteiger partial charge in [0.2, 0.25) is 0 Å². The van der Waals surface area contributed by atoms with E-state index in [2.05, 4.69) is 23.7 Å². The molecule has 3 N–H and O–H groups in total. The third-order valence-electron chi connectivity index (χ3n) is 1.62. The summed E-state index contributed by atoms with van der Waals surface area (Å²) in [6, 6.07) is 1.62. The van der Waals surface area contributed by atoms with E-state index in [0.29, 0.717) is 6.54 Å². The molecule has 2 amide bonds. The van der Waals surface area contributed by atoms with Gasteiger partial charge in [0, 0.05) is 11.4 Å². The minimum atomic E-state index is -0.454. The molecule has 3 nitrogen and oxygen atoms in total. The molecule has 1 aromatic heterocycles. The summed E-state index contributed by atoms with van der Waals surface area (Å²) in [7, 11) is 0.